The van der Waals surface area contributed by atoms with Gasteiger partial charge in [0.05, 0.1) is 18.0 Å². The average molecular weight is 287 g/mol. The normalized spacial score (nSPS) is 11.0. The molecule has 3 nitrogen and oxygen atoms in total. The Kier molecular flexibility index (Phi) is 5.43. The van der Waals surface area contributed by atoms with Crippen LogP contribution in [0.2, 0.25) is 0 Å². The van der Waals surface area contributed by atoms with Crippen molar-refractivity contribution >= 4 is 10.9 Å². The molecule has 2 aromatic rings. The highest BCUT2D eigenvalue weighted by molar-refractivity contribution is 5.85. The van der Waals surface area contributed by atoms with E-state index in [1.54, 1.807) is 7.11 Å². The molecule has 3 heteroatoms. The van der Waals surface area contributed by atoms with E-state index in [4.69, 9.17) is 4.74 Å². The summed E-state index contributed by atoms with van der Waals surface area (Å²) in [5, 5.41) is 0.675. The molecule has 1 aromatic carbocycles. The molecule has 0 spiro atoms. The van der Waals surface area contributed by atoms with Crippen LogP contribution in [0.1, 0.15) is 50.3 Å². The number of hydrogen-bond donors (Lipinski definition) is 1. The van der Waals surface area contributed by atoms with Crippen molar-refractivity contribution in [2.24, 2.45) is 0 Å². The minimum atomic E-state index is 0.120. The van der Waals surface area contributed by atoms with Crippen LogP contribution in [0.5, 0.6) is 5.75 Å². The summed E-state index contributed by atoms with van der Waals surface area (Å²) in [6.07, 6.45) is 6.89. The van der Waals surface area contributed by atoms with E-state index in [2.05, 4.69) is 11.9 Å². The van der Waals surface area contributed by atoms with Crippen molar-refractivity contribution in [1.29, 1.82) is 0 Å². The van der Waals surface area contributed by atoms with Crippen LogP contribution in [0.15, 0.2) is 23.0 Å². The van der Waals surface area contributed by atoms with Crippen LogP contribution in [0, 0.1) is 6.92 Å². The maximum absolute atomic E-state index is 12.7. The Labute approximate surface area is 126 Å². The smallest absolute Gasteiger partial charge is 0.196 e. The highest BCUT2D eigenvalue weighted by Crippen LogP contribution is 2.22. The highest BCUT2D eigenvalue weighted by Gasteiger charge is 2.12. The van der Waals surface area contributed by atoms with Gasteiger partial charge < -0.3 is 9.72 Å². The predicted octanol–water partition coefficient (Wildman–Crippen LogP) is 4.36. The van der Waals surface area contributed by atoms with Gasteiger partial charge in [-0.05, 0) is 31.9 Å². The number of aromatic amines is 1. The Morgan fingerprint density at radius 3 is 2.62 bits per heavy atom. The number of ether oxygens (including phenoxy) is 1. The van der Waals surface area contributed by atoms with E-state index in [1.165, 1.54) is 25.7 Å². The van der Waals surface area contributed by atoms with Crippen LogP contribution < -0.4 is 10.2 Å². The average Bonchev–Trinajstić information content (AvgIpc) is 2.49. The summed E-state index contributed by atoms with van der Waals surface area (Å²) in [6, 6.07) is 5.68. The third-order valence-corrected chi connectivity index (χ3v) is 4.05. The second-order valence-electron chi connectivity index (χ2n) is 5.60. The van der Waals surface area contributed by atoms with Crippen molar-refractivity contribution in [1.82, 2.24) is 4.98 Å². The lowest BCUT2D eigenvalue weighted by Gasteiger charge is -2.10. The second kappa shape index (κ2) is 7.30. The maximum atomic E-state index is 12.7. The lowest BCUT2D eigenvalue weighted by molar-refractivity contribution is 0.419. The van der Waals surface area contributed by atoms with Crippen LogP contribution >= 0.6 is 0 Å². The van der Waals surface area contributed by atoms with Gasteiger partial charge in [-0.25, -0.2) is 0 Å². The maximum Gasteiger partial charge on any atom is 0.196 e. The molecule has 1 aromatic heterocycles. The first-order valence-electron chi connectivity index (χ1n) is 7.87. The molecule has 1 heterocycles. The van der Waals surface area contributed by atoms with Crippen LogP contribution in [0.3, 0.4) is 0 Å². The van der Waals surface area contributed by atoms with Gasteiger partial charge in [-0.15, -0.1) is 0 Å². The fourth-order valence-electron chi connectivity index (χ4n) is 2.84. The zero-order valence-corrected chi connectivity index (χ0v) is 13.3. The number of nitrogens with one attached hydrogen (secondary N) is 1. The largest absolute Gasteiger partial charge is 0.496 e. The summed E-state index contributed by atoms with van der Waals surface area (Å²) in [5.41, 5.74) is 2.86. The number of H-pyrrole nitrogens is 1. The van der Waals surface area contributed by atoms with Crippen molar-refractivity contribution in [3.8, 4) is 5.75 Å². The lowest BCUT2D eigenvalue weighted by atomic mass is 10.0. The molecule has 2 rings (SSSR count). The molecule has 0 fully saturated rings. The molecule has 114 valence electrons. The van der Waals surface area contributed by atoms with Gasteiger partial charge in [-0.3, -0.25) is 4.79 Å². The van der Waals surface area contributed by atoms with Crippen LogP contribution in [-0.2, 0) is 6.42 Å². The van der Waals surface area contributed by atoms with Crippen LogP contribution in [-0.4, -0.2) is 12.1 Å². The van der Waals surface area contributed by atoms with Crippen molar-refractivity contribution < 1.29 is 4.74 Å². The molecule has 0 aliphatic heterocycles. The first kappa shape index (κ1) is 15.6. The van der Waals surface area contributed by atoms with E-state index in [-0.39, 0.29) is 5.43 Å². The van der Waals surface area contributed by atoms with Crippen molar-refractivity contribution in [3.63, 3.8) is 0 Å². The van der Waals surface area contributed by atoms with Gasteiger partial charge in [0.15, 0.2) is 5.43 Å². The molecule has 0 saturated heterocycles. The Morgan fingerprint density at radius 1 is 1.14 bits per heavy atom. The summed E-state index contributed by atoms with van der Waals surface area (Å²) in [6.45, 7) is 4.20. The van der Waals surface area contributed by atoms with E-state index in [9.17, 15) is 4.79 Å². The van der Waals surface area contributed by atoms with Gasteiger partial charge in [0, 0.05) is 11.3 Å². The molecule has 0 amide bonds. The van der Waals surface area contributed by atoms with E-state index in [0.717, 1.165) is 29.6 Å². The molecule has 0 saturated carbocycles. The highest BCUT2D eigenvalue weighted by atomic mass is 16.5. The van der Waals surface area contributed by atoms with E-state index >= 15 is 0 Å². The number of pyridine rings is 1. The molecular weight excluding hydrogens is 262 g/mol. The summed E-state index contributed by atoms with van der Waals surface area (Å²) in [5.74, 6) is 0.654. The van der Waals surface area contributed by atoms with E-state index < -0.39 is 0 Å². The Morgan fingerprint density at radius 2 is 1.90 bits per heavy atom. The van der Waals surface area contributed by atoms with Gasteiger partial charge in [0.2, 0.25) is 0 Å². The number of benzene rings is 1. The SMILES string of the molecule is CCCCCCCc1c(C)[nH]c2cccc(OC)c2c1=O. The number of aromatic nitrogens is 1. The van der Waals surface area contributed by atoms with Crippen molar-refractivity contribution in [3.05, 3.63) is 39.7 Å². The third kappa shape index (κ3) is 3.46. The minimum absolute atomic E-state index is 0.120. The second-order valence-corrected chi connectivity index (χ2v) is 5.60. The molecular formula is C18H25NO2. The van der Waals surface area contributed by atoms with Crippen molar-refractivity contribution in [2.75, 3.05) is 7.11 Å². The van der Waals surface area contributed by atoms with Crippen molar-refractivity contribution in [2.45, 2.75) is 52.4 Å². The molecule has 1 N–H and O–H groups in total. The number of methoxy groups -OCH3 is 1. The van der Waals surface area contributed by atoms with Crippen LogP contribution in [0.4, 0.5) is 0 Å². The van der Waals surface area contributed by atoms with Crippen LogP contribution in [0.25, 0.3) is 10.9 Å². The summed E-state index contributed by atoms with van der Waals surface area (Å²) < 4.78 is 5.34. The first-order chi connectivity index (χ1) is 10.2. The summed E-state index contributed by atoms with van der Waals surface area (Å²) >= 11 is 0. The zero-order valence-electron chi connectivity index (χ0n) is 13.3. The topological polar surface area (TPSA) is 42.1 Å². The lowest BCUT2D eigenvalue weighted by Crippen LogP contribution is -2.14. The molecule has 0 aliphatic rings. The number of hydrogen-bond acceptors (Lipinski definition) is 2. The molecule has 0 aliphatic carbocycles. The molecule has 0 atom stereocenters. The van der Waals surface area contributed by atoms with Gasteiger partial charge in [-0.1, -0.05) is 38.7 Å². The van der Waals surface area contributed by atoms with E-state index in [0.29, 0.717) is 11.1 Å². The minimum Gasteiger partial charge on any atom is -0.496 e. The van der Waals surface area contributed by atoms with Gasteiger partial charge >= 0.3 is 0 Å². The molecule has 21 heavy (non-hydrogen) atoms. The fraction of sp³-hybridized carbons (Fsp3) is 0.500. The predicted molar refractivity (Wildman–Crippen MR) is 88.3 cm³/mol. The number of aryl methyl sites for hydroxylation is 1. The Hall–Kier alpha value is -1.77. The van der Waals surface area contributed by atoms with Gasteiger partial charge in [0.1, 0.15) is 5.75 Å². The Bertz CT molecular complexity index is 658. The standard InChI is InChI=1S/C18H25NO2/c1-4-5-6-7-8-10-14-13(2)19-15-11-9-12-16(21-3)17(15)18(14)20/h9,11-12H,4-8,10H2,1-3H3,(H,19,20). The number of rotatable bonds is 7. The zero-order chi connectivity index (χ0) is 15.2. The van der Waals surface area contributed by atoms with Gasteiger partial charge in [0.25, 0.3) is 0 Å². The van der Waals surface area contributed by atoms with E-state index in [1.807, 2.05) is 25.1 Å². The fourth-order valence-corrected chi connectivity index (χ4v) is 2.84. The number of unbranched alkanes of at least 4 members (excludes halogenated alkanes) is 4. The first-order valence-corrected chi connectivity index (χ1v) is 7.87. The molecule has 0 radical (unpaired) electrons. The molecule has 0 unspecified atom stereocenters. The monoisotopic (exact) mass is 287 g/mol. The summed E-state index contributed by atoms with van der Waals surface area (Å²) in [7, 11) is 1.61. The molecule has 0 bridgehead atoms. The Balaban J connectivity index is 2.29. The van der Waals surface area contributed by atoms with Gasteiger partial charge in [-0.2, -0.15) is 0 Å². The third-order valence-electron chi connectivity index (χ3n) is 4.05. The number of fused-ring (bicyclic) bond motifs is 1. The summed E-state index contributed by atoms with van der Waals surface area (Å²) in [4.78, 5) is 16.1. The quantitative estimate of drug-likeness (QED) is 0.769.